The van der Waals surface area contributed by atoms with E-state index in [0.29, 0.717) is 11.5 Å². The van der Waals surface area contributed by atoms with E-state index < -0.39 is 0 Å². The van der Waals surface area contributed by atoms with Gasteiger partial charge in [-0.05, 0) is 57.3 Å². The summed E-state index contributed by atoms with van der Waals surface area (Å²) in [5.74, 6) is 0. The molecule has 1 saturated heterocycles. The molecule has 0 radical (unpaired) electrons. The van der Waals surface area contributed by atoms with Crippen molar-refractivity contribution in [2.45, 2.75) is 44.6 Å². The van der Waals surface area contributed by atoms with Crippen LogP contribution in [0.2, 0.25) is 0 Å². The minimum Gasteiger partial charge on any atom is -0.374 e. The molecule has 98 valence electrons. The second-order valence-electron chi connectivity index (χ2n) is 5.77. The number of fused-ring (bicyclic) bond motifs is 2. The minimum absolute atomic E-state index is 0.323. The monoisotopic (exact) mass is 245 g/mol. The fourth-order valence-corrected chi connectivity index (χ4v) is 3.71. The largest absolute Gasteiger partial charge is 0.374 e. The number of rotatable bonds is 2. The normalized spacial score (nSPS) is 25.3. The summed E-state index contributed by atoms with van der Waals surface area (Å²) < 4.78 is 5.98. The first-order valence-electron chi connectivity index (χ1n) is 7.18. The van der Waals surface area contributed by atoms with Crippen LogP contribution >= 0.6 is 0 Å². The number of nitrogens with one attached hydrogen (secondary N) is 1. The Balaban J connectivity index is 2.02. The molecule has 2 heteroatoms. The predicted octanol–water partition coefficient (Wildman–Crippen LogP) is 3.10. The SMILES string of the molecule is CCOC1CC2(CCNCC2)c2cc(C)ccc21. The van der Waals surface area contributed by atoms with Gasteiger partial charge in [-0.2, -0.15) is 0 Å². The molecule has 1 aromatic carbocycles. The molecule has 1 heterocycles. The van der Waals surface area contributed by atoms with Gasteiger partial charge < -0.3 is 10.1 Å². The van der Waals surface area contributed by atoms with E-state index in [0.717, 1.165) is 19.7 Å². The standard InChI is InChI=1S/C16H23NO/c1-3-18-15-11-16(6-8-17-9-7-16)14-10-12(2)4-5-13(14)15/h4-5,10,15,17H,3,6-9,11H2,1-2H3. The Hall–Kier alpha value is -0.860. The van der Waals surface area contributed by atoms with E-state index in [-0.39, 0.29) is 0 Å². The Labute approximate surface area is 110 Å². The summed E-state index contributed by atoms with van der Waals surface area (Å²) in [6, 6.07) is 6.92. The molecule has 1 spiro atoms. The Morgan fingerprint density at radius 3 is 2.83 bits per heavy atom. The Kier molecular flexibility index (Phi) is 3.16. The number of piperidine rings is 1. The average Bonchev–Trinajstić information content (AvgIpc) is 2.65. The van der Waals surface area contributed by atoms with Gasteiger partial charge >= 0.3 is 0 Å². The summed E-state index contributed by atoms with van der Waals surface area (Å²) in [7, 11) is 0. The lowest BCUT2D eigenvalue weighted by molar-refractivity contribution is 0.0474. The van der Waals surface area contributed by atoms with Gasteiger partial charge in [0.05, 0.1) is 6.10 Å². The highest BCUT2D eigenvalue weighted by molar-refractivity contribution is 5.44. The third-order valence-corrected chi connectivity index (χ3v) is 4.63. The van der Waals surface area contributed by atoms with E-state index >= 15 is 0 Å². The molecule has 1 aliphatic heterocycles. The number of ether oxygens (including phenoxy) is 1. The molecule has 0 amide bonds. The lowest BCUT2D eigenvalue weighted by Crippen LogP contribution is -2.38. The van der Waals surface area contributed by atoms with Gasteiger partial charge in [-0.1, -0.05) is 23.8 Å². The van der Waals surface area contributed by atoms with Crippen LogP contribution in [0.5, 0.6) is 0 Å². The lowest BCUT2D eigenvalue weighted by Gasteiger charge is -2.35. The first-order chi connectivity index (χ1) is 8.75. The van der Waals surface area contributed by atoms with Crippen LogP contribution in [-0.4, -0.2) is 19.7 Å². The zero-order valence-corrected chi connectivity index (χ0v) is 11.5. The Bertz CT molecular complexity index is 435. The third-order valence-electron chi connectivity index (χ3n) is 4.63. The number of aryl methyl sites for hydroxylation is 1. The summed E-state index contributed by atoms with van der Waals surface area (Å²) >= 11 is 0. The molecule has 1 fully saturated rings. The van der Waals surface area contributed by atoms with E-state index in [1.807, 2.05) is 0 Å². The van der Waals surface area contributed by atoms with Crippen molar-refractivity contribution in [2.75, 3.05) is 19.7 Å². The van der Waals surface area contributed by atoms with Gasteiger partial charge in [0.1, 0.15) is 0 Å². The van der Waals surface area contributed by atoms with Crippen molar-refractivity contribution in [3.05, 3.63) is 34.9 Å². The van der Waals surface area contributed by atoms with E-state index in [9.17, 15) is 0 Å². The van der Waals surface area contributed by atoms with Gasteiger partial charge in [-0.15, -0.1) is 0 Å². The molecular formula is C16H23NO. The van der Waals surface area contributed by atoms with Crippen molar-refractivity contribution in [2.24, 2.45) is 0 Å². The molecule has 0 bridgehead atoms. The van der Waals surface area contributed by atoms with Gasteiger partial charge in [0.25, 0.3) is 0 Å². The van der Waals surface area contributed by atoms with Crippen molar-refractivity contribution in [1.29, 1.82) is 0 Å². The zero-order chi connectivity index (χ0) is 12.6. The maximum Gasteiger partial charge on any atom is 0.0836 e. The number of hydrogen-bond acceptors (Lipinski definition) is 2. The molecular weight excluding hydrogens is 222 g/mol. The first kappa shape index (κ1) is 12.2. The van der Waals surface area contributed by atoms with Crippen LogP contribution in [0, 0.1) is 6.92 Å². The van der Waals surface area contributed by atoms with Crippen molar-refractivity contribution in [3.8, 4) is 0 Å². The van der Waals surface area contributed by atoms with E-state index in [1.165, 1.54) is 30.4 Å². The lowest BCUT2D eigenvalue weighted by atomic mass is 9.74. The number of hydrogen-bond donors (Lipinski definition) is 1. The molecule has 0 saturated carbocycles. The molecule has 1 aromatic rings. The summed E-state index contributed by atoms with van der Waals surface area (Å²) in [5.41, 5.74) is 4.78. The van der Waals surface area contributed by atoms with Crippen LogP contribution < -0.4 is 5.32 Å². The minimum atomic E-state index is 0.323. The quantitative estimate of drug-likeness (QED) is 0.864. The molecule has 1 atom stereocenters. The highest BCUT2D eigenvalue weighted by Gasteiger charge is 2.44. The fourth-order valence-electron chi connectivity index (χ4n) is 3.71. The second-order valence-corrected chi connectivity index (χ2v) is 5.77. The molecule has 3 rings (SSSR count). The number of benzene rings is 1. The van der Waals surface area contributed by atoms with Gasteiger partial charge in [0.15, 0.2) is 0 Å². The van der Waals surface area contributed by atoms with Gasteiger partial charge in [0, 0.05) is 12.0 Å². The van der Waals surface area contributed by atoms with Crippen molar-refractivity contribution in [3.63, 3.8) is 0 Å². The van der Waals surface area contributed by atoms with Crippen molar-refractivity contribution >= 4 is 0 Å². The van der Waals surface area contributed by atoms with Crippen LogP contribution in [-0.2, 0) is 10.2 Å². The smallest absolute Gasteiger partial charge is 0.0836 e. The fraction of sp³-hybridized carbons (Fsp3) is 0.625. The summed E-state index contributed by atoms with van der Waals surface area (Å²) in [6.07, 6.45) is 4.02. The van der Waals surface area contributed by atoms with Gasteiger partial charge in [-0.3, -0.25) is 0 Å². The van der Waals surface area contributed by atoms with Gasteiger partial charge in [-0.25, -0.2) is 0 Å². The molecule has 18 heavy (non-hydrogen) atoms. The predicted molar refractivity (Wildman–Crippen MR) is 73.9 cm³/mol. The topological polar surface area (TPSA) is 21.3 Å². The molecule has 2 aliphatic rings. The second kappa shape index (κ2) is 4.67. The van der Waals surface area contributed by atoms with Crippen LogP contribution in [0.3, 0.4) is 0 Å². The maximum absolute atomic E-state index is 5.98. The van der Waals surface area contributed by atoms with Crippen molar-refractivity contribution < 1.29 is 4.74 Å². The van der Waals surface area contributed by atoms with Crippen LogP contribution in [0.1, 0.15) is 49.0 Å². The molecule has 2 nitrogen and oxygen atoms in total. The highest BCUT2D eigenvalue weighted by Crippen LogP contribution is 2.51. The van der Waals surface area contributed by atoms with Crippen LogP contribution in [0.15, 0.2) is 18.2 Å². The summed E-state index contributed by atoms with van der Waals surface area (Å²) in [6.45, 7) is 7.40. The summed E-state index contributed by atoms with van der Waals surface area (Å²) in [5, 5.41) is 3.49. The van der Waals surface area contributed by atoms with Crippen LogP contribution in [0.25, 0.3) is 0 Å². The molecule has 1 unspecified atom stereocenters. The third kappa shape index (κ3) is 1.88. The van der Waals surface area contributed by atoms with E-state index in [2.05, 4.69) is 37.4 Å². The highest BCUT2D eigenvalue weighted by atomic mass is 16.5. The molecule has 0 aromatic heterocycles. The first-order valence-corrected chi connectivity index (χ1v) is 7.18. The summed E-state index contributed by atoms with van der Waals surface area (Å²) in [4.78, 5) is 0. The van der Waals surface area contributed by atoms with Gasteiger partial charge in [0.2, 0.25) is 0 Å². The Morgan fingerprint density at radius 1 is 1.33 bits per heavy atom. The average molecular weight is 245 g/mol. The van der Waals surface area contributed by atoms with E-state index in [1.54, 1.807) is 5.56 Å². The maximum atomic E-state index is 5.98. The molecule has 1 aliphatic carbocycles. The Morgan fingerprint density at radius 2 is 2.11 bits per heavy atom. The zero-order valence-electron chi connectivity index (χ0n) is 11.5. The van der Waals surface area contributed by atoms with Crippen LogP contribution in [0.4, 0.5) is 0 Å². The van der Waals surface area contributed by atoms with Crippen molar-refractivity contribution in [1.82, 2.24) is 5.32 Å². The van der Waals surface area contributed by atoms with E-state index in [4.69, 9.17) is 4.74 Å². The molecule has 1 N–H and O–H groups in total.